The molecule has 0 radical (unpaired) electrons. The molecule has 0 unspecified atom stereocenters. The maximum atomic E-state index is 14.1. The number of rotatable bonds is 8. The van der Waals surface area contributed by atoms with Gasteiger partial charge in [0.1, 0.15) is 12.4 Å². The second kappa shape index (κ2) is 11.7. The van der Waals surface area contributed by atoms with Crippen molar-refractivity contribution in [1.82, 2.24) is 9.78 Å². The number of fused-ring (bicyclic) bond motifs is 1. The van der Waals surface area contributed by atoms with Gasteiger partial charge in [-0.15, -0.1) is 11.3 Å². The number of benzene rings is 3. The molecule has 2 aromatic heterocycles. The molecule has 1 aliphatic heterocycles. The van der Waals surface area contributed by atoms with Gasteiger partial charge >= 0.3 is 5.97 Å². The standard InChI is InChI=1S/C36H31N3O5S/c1-21-32-33(23-14-15-29(43-2)30(19-23)44-20-22-9-4-3-5-10-22)34-26(17-24(18-28(34)40)31-13-8-16-45-31)37-35(32)39(38-21)27-12-7-6-11-25(27)36(41)42/h3-16,19,24,33,37H,17-18,20H2,1-2H3,(H,41,42)/t24-,33+/m0/s1. The highest BCUT2D eigenvalue weighted by molar-refractivity contribution is 7.10. The van der Waals surface area contributed by atoms with Crippen molar-refractivity contribution in [3.8, 4) is 17.2 Å². The van der Waals surface area contributed by atoms with Crippen molar-refractivity contribution in [1.29, 1.82) is 0 Å². The molecule has 1 aliphatic carbocycles. The van der Waals surface area contributed by atoms with Gasteiger partial charge in [-0.3, -0.25) is 4.79 Å². The number of methoxy groups -OCH3 is 1. The Balaban J connectivity index is 1.38. The first-order valence-corrected chi connectivity index (χ1v) is 15.6. The second-order valence-corrected chi connectivity index (χ2v) is 12.2. The van der Waals surface area contributed by atoms with Crippen molar-refractivity contribution in [2.45, 2.75) is 38.2 Å². The summed E-state index contributed by atoms with van der Waals surface area (Å²) < 4.78 is 13.6. The molecule has 9 heteroatoms. The van der Waals surface area contributed by atoms with E-state index in [4.69, 9.17) is 14.6 Å². The molecule has 0 fully saturated rings. The molecule has 0 saturated carbocycles. The van der Waals surface area contributed by atoms with E-state index in [2.05, 4.69) is 11.4 Å². The fraction of sp³-hybridized carbons (Fsp3) is 0.194. The normalized spacial score (nSPS) is 17.3. The molecule has 2 aliphatic rings. The van der Waals surface area contributed by atoms with Crippen molar-refractivity contribution < 1.29 is 24.2 Å². The van der Waals surface area contributed by atoms with Gasteiger partial charge in [0, 0.05) is 40.0 Å². The molecular formula is C36H31N3O5S. The number of hydrogen-bond donors (Lipinski definition) is 2. The molecule has 45 heavy (non-hydrogen) atoms. The number of thiophene rings is 1. The molecule has 3 heterocycles. The van der Waals surface area contributed by atoms with Crippen molar-refractivity contribution in [3.63, 3.8) is 0 Å². The van der Waals surface area contributed by atoms with Crippen molar-refractivity contribution in [2.75, 3.05) is 12.4 Å². The average Bonchev–Trinajstić information content (AvgIpc) is 3.72. The third-order valence-electron chi connectivity index (χ3n) is 8.53. The number of nitrogens with zero attached hydrogens (tertiary/aromatic N) is 2. The lowest BCUT2D eigenvalue weighted by atomic mass is 9.73. The number of carboxylic acid groups (broad SMARTS) is 1. The molecule has 0 saturated heterocycles. The number of aromatic carboxylic acids is 1. The summed E-state index contributed by atoms with van der Waals surface area (Å²) in [6, 6.07) is 26.6. The number of hydrogen-bond acceptors (Lipinski definition) is 7. The first-order chi connectivity index (χ1) is 21.9. The Bertz CT molecular complexity index is 1940. The number of anilines is 1. The number of carbonyl (C=O) groups excluding carboxylic acids is 1. The first-order valence-electron chi connectivity index (χ1n) is 14.8. The quantitative estimate of drug-likeness (QED) is 0.186. The zero-order valence-electron chi connectivity index (χ0n) is 24.8. The summed E-state index contributed by atoms with van der Waals surface area (Å²) in [5, 5.41) is 20.5. The van der Waals surface area contributed by atoms with Crippen LogP contribution in [0, 0.1) is 6.92 Å². The van der Waals surface area contributed by atoms with Crippen molar-refractivity contribution in [3.05, 3.63) is 134 Å². The van der Waals surface area contributed by atoms with Gasteiger partial charge < -0.3 is 19.9 Å². The summed E-state index contributed by atoms with van der Waals surface area (Å²) in [6.45, 7) is 2.26. The molecule has 0 amide bonds. The summed E-state index contributed by atoms with van der Waals surface area (Å²) in [6.07, 6.45) is 1.06. The molecule has 3 aromatic carbocycles. The third-order valence-corrected chi connectivity index (χ3v) is 9.56. The second-order valence-electron chi connectivity index (χ2n) is 11.3. The number of Topliss-reactive ketones (excluding diaryl/α,β-unsaturated/α-hetero) is 1. The Kier molecular flexibility index (Phi) is 7.47. The van der Waals surface area contributed by atoms with Crippen LogP contribution in [-0.2, 0) is 11.4 Å². The topological polar surface area (TPSA) is 103 Å². The van der Waals surface area contributed by atoms with Gasteiger partial charge in [0.15, 0.2) is 17.3 Å². The molecule has 226 valence electrons. The summed E-state index contributed by atoms with van der Waals surface area (Å²) in [5.41, 5.74) is 5.55. The minimum absolute atomic E-state index is 0.0513. The minimum atomic E-state index is -1.04. The lowest BCUT2D eigenvalue weighted by molar-refractivity contribution is -0.116. The molecule has 2 atom stereocenters. The molecular weight excluding hydrogens is 586 g/mol. The lowest BCUT2D eigenvalue weighted by Crippen LogP contribution is -2.30. The van der Waals surface area contributed by atoms with Gasteiger partial charge in [-0.2, -0.15) is 5.10 Å². The Morgan fingerprint density at radius 3 is 2.58 bits per heavy atom. The predicted molar refractivity (Wildman–Crippen MR) is 173 cm³/mol. The van der Waals surface area contributed by atoms with E-state index in [0.29, 0.717) is 53.7 Å². The molecule has 7 rings (SSSR count). The van der Waals surface area contributed by atoms with E-state index in [1.54, 1.807) is 47.4 Å². The summed E-state index contributed by atoms with van der Waals surface area (Å²) in [4.78, 5) is 27.5. The van der Waals surface area contributed by atoms with Crippen LogP contribution < -0.4 is 14.8 Å². The smallest absolute Gasteiger partial charge is 0.337 e. The van der Waals surface area contributed by atoms with Gasteiger partial charge in [-0.05, 0) is 60.2 Å². The first kappa shape index (κ1) is 28.6. The molecule has 5 aromatic rings. The van der Waals surface area contributed by atoms with Crippen LogP contribution in [0.2, 0.25) is 0 Å². The Labute approximate surface area is 264 Å². The van der Waals surface area contributed by atoms with E-state index in [1.807, 2.05) is 66.9 Å². The van der Waals surface area contributed by atoms with Crippen LogP contribution in [0.25, 0.3) is 5.69 Å². The van der Waals surface area contributed by atoms with E-state index in [0.717, 1.165) is 22.4 Å². The monoisotopic (exact) mass is 617 g/mol. The number of nitrogens with one attached hydrogen (secondary N) is 1. The highest BCUT2D eigenvalue weighted by atomic mass is 32.1. The maximum absolute atomic E-state index is 14.1. The number of aryl methyl sites for hydroxylation is 1. The Hall–Kier alpha value is -5.15. The van der Waals surface area contributed by atoms with E-state index in [-0.39, 0.29) is 17.3 Å². The zero-order valence-corrected chi connectivity index (χ0v) is 25.6. The number of aromatic nitrogens is 2. The highest BCUT2D eigenvalue weighted by Crippen LogP contribution is 2.51. The van der Waals surface area contributed by atoms with Gasteiger partial charge in [0.05, 0.1) is 24.1 Å². The highest BCUT2D eigenvalue weighted by Gasteiger charge is 2.42. The number of ketones is 1. The molecule has 8 nitrogen and oxygen atoms in total. The van der Waals surface area contributed by atoms with E-state index in [1.165, 1.54) is 4.88 Å². The molecule has 2 N–H and O–H groups in total. The van der Waals surface area contributed by atoms with Gasteiger partial charge in [0.2, 0.25) is 0 Å². The van der Waals surface area contributed by atoms with Gasteiger partial charge in [-0.1, -0.05) is 54.6 Å². The fourth-order valence-electron chi connectivity index (χ4n) is 6.47. The van der Waals surface area contributed by atoms with Crippen LogP contribution in [0.4, 0.5) is 5.82 Å². The Morgan fingerprint density at radius 1 is 1.02 bits per heavy atom. The number of allylic oxidation sites excluding steroid dienone is 2. The number of carbonyl (C=O) groups is 2. The number of para-hydroxylation sites is 1. The van der Waals surface area contributed by atoms with E-state index >= 15 is 0 Å². The van der Waals surface area contributed by atoms with E-state index < -0.39 is 11.9 Å². The minimum Gasteiger partial charge on any atom is -0.493 e. The fourth-order valence-corrected chi connectivity index (χ4v) is 7.30. The van der Waals surface area contributed by atoms with Crippen LogP contribution in [0.5, 0.6) is 11.5 Å². The van der Waals surface area contributed by atoms with Crippen LogP contribution >= 0.6 is 11.3 Å². The number of ether oxygens (including phenoxy) is 2. The van der Waals surface area contributed by atoms with Crippen molar-refractivity contribution in [2.24, 2.45) is 0 Å². The third kappa shape index (κ3) is 5.19. The average molecular weight is 618 g/mol. The van der Waals surface area contributed by atoms with Crippen LogP contribution in [0.1, 0.15) is 62.3 Å². The summed E-state index contributed by atoms with van der Waals surface area (Å²) >= 11 is 1.66. The van der Waals surface area contributed by atoms with Gasteiger partial charge in [-0.25, -0.2) is 9.48 Å². The number of carboxylic acids is 1. The molecule has 0 bridgehead atoms. The van der Waals surface area contributed by atoms with Crippen LogP contribution in [-0.4, -0.2) is 33.7 Å². The summed E-state index contributed by atoms with van der Waals surface area (Å²) in [7, 11) is 1.61. The molecule has 0 spiro atoms. The SMILES string of the molecule is COc1ccc([C@H]2C3=C(C[C@H](c4cccs4)CC3=O)Nc3c2c(C)nn3-c2ccccc2C(=O)O)cc1OCc1ccccc1. The predicted octanol–water partition coefficient (Wildman–Crippen LogP) is 7.49. The lowest BCUT2D eigenvalue weighted by Gasteiger charge is -2.35. The largest absolute Gasteiger partial charge is 0.493 e. The van der Waals surface area contributed by atoms with Crippen LogP contribution in [0.15, 0.2) is 102 Å². The van der Waals surface area contributed by atoms with E-state index in [9.17, 15) is 14.7 Å². The van der Waals surface area contributed by atoms with Crippen LogP contribution in [0.3, 0.4) is 0 Å². The Morgan fingerprint density at radius 2 is 1.82 bits per heavy atom. The van der Waals surface area contributed by atoms with Gasteiger partial charge in [0.25, 0.3) is 0 Å². The maximum Gasteiger partial charge on any atom is 0.337 e. The van der Waals surface area contributed by atoms with Crippen molar-refractivity contribution >= 4 is 28.9 Å². The zero-order chi connectivity index (χ0) is 31.1. The summed E-state index contributed by atoms with van der Waals surface area (Å²) in [5.74, 6) is 0.473.